The number of rotatable bonds is 3. The van der Waals surface area contributed by atoms with Crippen LogP contribution in [0, 0.1) is 0 Å². The lowest BCUT2D eigenvalue weighted by Gasteiger charge is -1.94. The Bertz CT molecular complexity index is 502. The molecule has 0 saturated heterocycles. The van der Waals surface area contributed by atoms with Crippen molar-refractivity contribution in [2.75, 3.05) is 6.54 Å². The topological polar surface area (TPSA) is 84.9 Å². The third-order valence-electron chi connectivity index (χ3n) is 2.37. The summed E-state index contributed by atoms with van der Waals surface area (Å²) in [6, 6.07) is 7.35. The summed E-state index contributed by atoms with van der Waals surface area (Å²) in [7, 11) is 0. The Morgan fingerprint density at radius 2 is 2.13 bits per heavy atom. The van der Waals surface area contributed by atoms with Gasteiger partial charge in [0.15, 0.2) is 0 Å². The molecule has 2 aromatic rings. The van der Waals surface area contributed by atoms with E-state index >= 15 is 0 Å². The van der Waals surface area contributed by atoms with Crippen LogP contribution in [0.4, 0.5) is 0 Å². The first kappa shape index (κ1) is 9.73. The number of amides is 1. The van der Waals surface area contributed by atoms with Gasteiger partial charge in [-0.3, -0.25) is 4.79 Å². The molecular weight excluding hydrogens is 190 g/mol. The van der Waals surface area contributed by atoms with Crippen molar-refractivity contribution in [3.63, 3.8) is 0 Å². The summed E-state index contributed by atoms with van der Waals surface area (Å²) in [4.78, 5) is 14.2. The molecule has 0 bridgehead atoms. The van der Waals surface area contributed by atoms with Crippen LogP contribution >= 0.6 is 0 Å². The van der Waals surface area contributed by atoms with Crippen LogP contribution in [-0.2, 0) is 6.42 Å². The standard InChI is InChI=1S/C11H13N3O/c12-4-3-9-6-8-5-7(11(13)15)1-2-10(8)14-9/h1-2,5-6,14H,3-4,12H2,(H2,13,15). The Morgan fingerprint density at radius 1 is 1.33 bits per heavy atom. The molecule has 0 unspecified atom stereocenters. The molecule has 0 aliphatic carbocycles. The first-order valence-corrected chi connectivity index (χ1v) is 4.82. The zero-order valence-electron chi connectivity index (χ0n) is 8.29. The monoisotopic (exact) mass is 203 g/mol. The van der Waals surface area contributed by atoms with Crippen LogP contribution in [0.15, 0.2) is 24.3 Å². The highest BCUT2D eigenvalue weighted by Gasteiger charge is 2.04. The fraction of sp³-hybridized carbons (Fsp3) is 0.182. The van der Waals surface area contributed by atoms with Crippen LogP contribution in [-0.4, -0.2) is 17.4 Å². The van der Waals surface area contributed by atoms with Crippen molar-refractivity contribution >= 4 is 16.8 Å². The van der Waals surface area contributed by atoms with Gasteiger partial charge in [-0.25, -0.2) is 0 Å². The van der Waals surface area contributed by atoms with Gasteiger partial charge in [0.2, 0.25) is 5.91 Å². The van der Waals surface area contributed by atoms with Gasteiger partial charge in [0.05, 0.1) is 0 Å². The van der Waals surface area contributed by atoms with Gasteiger partial charge in [0.25, 0.3) is 0 Å². The zero-order chi connectivity index (χ0) is 10.8. The summed E-state index contributed by atoms with van der Waals surface area (Å²) in [5.41, 5.74) is 13.3. The summed E-state index contributed by atoms with van der Waals surface area (Å²) in [6.07, 6.45) is 0.806. The number of nitrogens with two attached hydrogens (primary N) is 2. The van der Waals surface area contributed by atoms with Crippen LogP contribution in [0.3, 0.4) is 0 Å². The normalized spacial score (nSPS) is 10.7. The molecule has 1 aromatic heterocycles. The van der Waals surface area contributed by atoms with Gasteiger partial charge in [-0.2, -0.15) is 0 Å². The maximum atomic E-state index is 11.0. The van der Waals surface area contributed by atoms with Gasteiger partial charge >= 0.3 is 0 Å². The van der Waals surface area contributed by atoms with E-state index in [0.29, 0.717) is 12.1 Å². The molecule has 1 heterocycles. The second-order valence-corrected chi connectivity index (χ2v) is 3.50. The van der Waals surface area contributed by atoms with Crippen molar-refractivity contribution < 1.29 is 4.79 Å². The molecule has 4 nitrogen and oxygen atoms in total. The third kappa shape index (κ3) is 1.85. The zero-order valence-corrected chi connectivity index (χ0v) is 8.29. The quantitative estimate of drug-likeness (QED) is 0.688. The van der Waals surface area contributed by atoms with Gasteiger partial charge in [0, 0.05) is 22.2 Å². The predicted octanol–water partition coefficient (Wildman–Crippen LogP) is 0.768. The first-order chi connectivity index (χ1) is 7.20. The van der Waals surface area contributed by atoms with Gasteiger partial charge in [-0.15, -0.1) is 0 Å². The number of aromatic nitrogens is 1. The summed E-state index contributed by atoms with van der Waals surface area (Å²) < 4.78 is 0. The minimum atomic E-state index is -0.404. The number of hydrogen-bond donors (Lipinski definition) is 3. The summed E-state index contributed by atoms with van der Waals surface area (Å²) in [5.74, 6) is -0.404. The van der Waals surface area contributed by atoms with E-state index in [4.69, 9.17) is 11.5 Å². The second kappa shape index (κ2) is 3.74. The molecular formula is C11H13N3O. The summed E-state index contributed by atoms with van der Waals surface area (Å²) >= 11 is 0. The molecule has 2 rings (SSSR count). The number of carbonyl (C=O) groups excluding carboxylic acids is 1. The fourth-order valence-corrected chi connectivity index (χ4v) is 1.64. The van der Waals surface area contributed by atoms with Crippen molar-refractivity contribution in [3.05, 3.63) is 35.5 Å². The van der Waals surface area contributed by atoms with E-state index < -0.39 is 5.91 Å². The van der Waals surface area contributed by atoms with Crippen molar-refractivity contribution in [2.24, 2.45) is 11.5 Å². The number of carbonyl (C=O) groups is 1. The molecule has 1 amide bonds. The Morgan fingerprint density at radius 3 is 2.80 bits per heavy atom. The molecule has 4 heteroatoms. The van der Waals surface area contributed by atoms with E-state index in [1.807, 2.05) is 12.1 Å². The largest absolute Gasteiger partial charge is 0.366 e. The number of nitrogens with one attached hydrogen (secondary N) is 1. The lowest BCUT2D eigenvalue weighted by molar-refractivity contribution is 0.100. The number of fused-ring (bicyclic) bond motifs is 1. The minimum Gasteiger partial charge on any atom is -0.366 e. The Kier molecular flexibility index (Phi) is 2.43. The molecule has 0 aliphatic rings. The van der Waals surface area contributed by atoms with Crippen molar-refractivity contribution in [1.82, 2.24) is 4.98 Å². The molecule has 0 spiro atoms. The summed E-state index contributed by atoms with van der Waals surface area (Å²) in [5, 5.41) is 0.995. The van der Waals surface area contributed by atoms with E-state index in [-0.39, 0.29) is 0 Å². The van der Waals surface area contributed by atoms with Crippen molar-refractivity contribution in [3.8, 4) is 0 Å². The van der Waals surface area contributed by atoms with Gasteiger partial charge < -0.3 is 16.5 Å². The first-order valence-electron chi connectivity index (χ1n) is 4.82. The third-order valence-corrected chi connectivity index (χ3v) is 2.37. The molecule has 1 aromatic carbocycles. The molecule has 0 fully saturated rings. The highest BCUT2D eigenvalue weighted by Crippen LogP contribution is 2.17. The molecule has 78 valence electrons. The number of aromatic amines is 1. The molecule has 0 radical (unpaired) electrons. The lowest BCUT2D eigenvalue weighted by atomic mass is 10.1. The maximum Gasteiger partial charge on any atom is 0.248 e. The van der Waals surface area contributed by atoms with Gasteiger partial charge in [-0.1, -0.05) is 0 Å². The Balaban J connectivity index is 2.47. The number of benzene rings is 1. The van der Waals surface area contributed by atoms with E-state index in [0.717, 1.165) is 23.0 Å². The smallest absolute Gasteiger partial charge is 0.248 e. The molecule has 15 heavy (non-hydrogen) atoms. The van der Waals surface area contributed by atoms with Crippen molar-refractivity contribution in [2.45, 2.75) is 6.42 Å². The molecule has 0 saturated carbocycles. The van der Waals surface area contributed by atoms with E-state index in [2.05, 4.69) is 4.98 Å². The summed E-state index contributed by atoms with van der Waals surface area (Å²) in [6.45, 7) is 0.607. The number of H-pyrrole nitrogens is 1. The maximum absolute atomic E-state index is 11.0. The number of primary amides is 1. The van der Waals surface area contributed by atoms with Gasteiger partial charge in [0.1, 0.15) is 0 Å². The minimum absolute atomic E-state index is 0.404. The van der Waals surface area contributed by atoms with Gasteiger partial charge in [-0.05, 0) is 37.2 Å². The Labute approximate surface area is 87.3 Å². The average molecular weight is 203 g/mol. The lowest BCUT2D eigenvalue weighted by Crippen LogP contribution is -2.10. The van der Waals surface area contributed by atoms with E-state index in [1.165, 1.54) is 0 Å². The van der Waals surface area contributed by atoms with Crippen LogP contribution in [0.1, 0.15) is 16.1 Å². The number of hydrogen-bond acceptors (Lipinski definition) is 2. The molecule has 5 N–H and O–H groups in total. The average Bonchev–Trinajstić information content (AvgIpc) is 2.59. The fourth-order valence-electron chi connectivity index (χ4n) is 1.64. The molecule has 0 aliphatic heterocycles. The highest BCUT2D eigenvalue weighted by atomic mass is 16.1. The highest BCUT2D eigenvalue weighted by molar-refractivity contribution is 5.97. The SMILES string of the molecule is NCCc1cc2cc(C(N)=O)ccc2[nH]1. The van der Waals surface area contributed by atoms with Crippen LogP contribution < -0.4 is 11.5 Å². The van der Waals surface area contributed by atoms with E-state index in [9.17, 15) is 4.79 Å². The van der Waals surface area contributed by atoms with Crippen LogP contribution in [0.5, 0.6) is 0 Å². The molecule has 0 atom stereocenters. The van der Waals surface area contributed by atoms with E-state index in [1.54, 1.807) is 12.1 Å². The Hall–Kier alpha value is -1.81. The van der Waals surface area contributed by atoms with Crippen molar-refractivity contribution in [1.29, 1.82) is 0 Å². The van der Waals surface area contributed by atoms with Crippen LogP contribution in [0.25, 0.3) is 10.9 Å². The van der Waals surface area contributed by atoms with Crippen LogP contribution in [0.2, 0.25) is 0 Å². The predicted molar refractivity (Wildman–Crippen MR) is 59.6 cm³/mol. The second-order valence-electron chi connectivity index (χ2n) is 3.50.